The average Bonchev–Trinajstić information content (AvgIpc) is 3.25. The number of pyridine rings is 1. The maximum atomic E-state index is 12.9. The van der Waals surface area contributed by atoms with Crippen LogP contribution in [0.2, 0.25) is 0 Å². The van der Waals surface area contributed by atoms with Crippen molar-refractivity contribution in [2.24, 2.45) is 0 Å². The van der Waals surface area contributed by atoms with Gasteiger partial charge < -0.3 is 14.5 Å². The summed E-state index contributed by atoms with van der Waals surface area (Å²) in [6.45, 7) is 1.56. The van der Waals surface area contributed by atoms with Crippen LogP contribution in [0.5, 0.6) is 0 Å². The quantitative estimate of drug-likeness (QED) is 0.634. The monoisotopic (exact) mass is 411 g/mol. The molecule has 2 amide bonds. The lowest BCUT2D eigenvalue weighted by atomic mass is 10.1. The zero-order valence-electron chi connectivity index (χ0n) is 16.0. The van der Waals surface area contributed by atoms with Gasteiger partial charge in [0.2, 0.25) is 0 Å². The van der Waals surface area contributed by atoms with Crippen molar-refractivity contribution in [3.05, 3.63) is 53.9 Å². The lowest BCUT2D eigenvalue weighted by Gasteiger charge is -2.34. The van der Waals surface area contributed by atoms with Crippen LogP contribution in [-0.2, 0) is 16.0 Å². The number of carbonyl (C=O) groups excluding carboxylic acids is 2. The summed E-state index contributed by atoms with van der Waals surface area (Å²) >= 11 is 1.12. The minimum absolute atomic E-state index is 0.127. The molecule has 0 N–H and O–H groups in total. The van der Waals surface area contributed by atoms with E-state index in [9.17, 15) is 9.59 Å². The maximum Gasteiger partial charge on any atom is 0.254 e. The van der Waals surface area contributed by atoms with Crippen molar-refractivity contribution in [1.29, 1.82) is 0 Å². The highest BCUT2D eigenvalue weighted by molar-refractivity contribution is 7.00. The highest BCUT2D eigenvalue weighted by Crippen LogP contribution is 2.17. The van der Waals surface area contributed by atoms with Gasteiger partial charge in [0.25, 0.3) is 11.8 Å². The molecule has 4 rings (SSSR count). The molecule has 2 aromatic heterocycles. The molecule has 1 atom stereocenters. The van der Waals surface area contributed by atoms with Crippen LogP contribution < -0.4 is 0 Å². The van der Waals surface area contributed by atoms with Crippen LogP contribution in [0.1, 0.15) is 16.1 Å². The van der Waals surface area contributed by atoms with E-state index in [1.165, 1.54) is 0 Å². The minimum Gasteiger partial charge on any atom is -0.365 e. The fourth-order valence-corrected chi connectivity index (χ4v) is 3.78. The third-order valence-corrected chi connectivity index (χ3v) is 5.49. The maximum absolute atomic E-state index is 12.9. The molecular weight excluding hydrogens is 390 g/mol. The average molecular weight is 411 g/mol. The molecule has 3 heterocycles. The Morgan fingerprint density at radius 3 is 2.93 bits per heavy atom. The Morgan fingerprint density at radius 2 is 2.10 bits per heavy atom. The number of hydrogen-bond acceptors (Lipinski definition) is 7. The summed E-state index contributed by atoms with van der Waals surface area (Å²) < 4.78 is 14.0. The molecular formula is C20H21N5O3S. The summed E-state index contributed by atoms with van der Waals surface area (Å²) in [4.78, 5) is 33.3. The number of morpholine rings is 1. The summed E-state index contributed by atoms with van der Waals surface area (Å²) in [6.07, 6.45) is 1.75. The molecule has 1 aliphatic heterocycles. The SMILES string of the molecule is CN(CCc1ccccn1)C(=O)C1CN(C(=O)c2ccc3nsnc3c2)CCO1. The minimum atomic E-state index is -0.661. The third kappa shape index (κ3) is 4.41. The van der Waals surface area contributed by atoms with Crippen molar-refractivity contribution in [2.45, 2.75) is 12.5 Å². The molecule has 8 nitrogen and oxygen atoms in total. The Balaban J connectivity index is 1.37. The second kappa shape index (κ2) is 8.62. The first-order chi connectivity index (χ1) is 14.1. The Morgan fingerprint density at radius 1 is 1.24 bits per heavy atom. The molecule has 1 saturated heterocycles. The number of hydrogen-bond donors (Lipinski definition) is 0. The molecule has 1 fully saturated rings. The largest absolute Gasteiger partial charge is 0.365 e. The number of likely N-dealkylation sites (N-methyl/N-ethyl adjacent to an activating group) is 1. The topological polar surface area (TPSA) is 88.5 Å². The molecule has 0 radical (unpaired) electrons. The van der Waals surface area contributed by atoms with Crippen LogP contribution >= 0.6 is 11.7 Å². The van der Waals surface area contributed by atoms with Gasteiger partial charge in [-0.05, 0) is 30.3 Å². The van der Waals surface area contributed by atoms with Gasteiger partial charge in [0, 0.05) is 44.0 Å². The van der Waals surface area contributed by atoms with Gasteiger partial charge in [-0.15, -0.1) is 0 Å². The molecule has 9 heteroatoms. The second-order valence-electron chi connectivity index (χ2n) is 6.91. The van der Waals surface area contributed by atoms with Gasteiger partial charge >= 0.3 is 0 Å². The van der Waals surface area contributed by atoms with Crippen LogP contribution in [0, 0.1) is 0 Å². The van der Waals surface area contributed by atoms with Crippen LogP contribution in [-0.4, -0.2) is 74.7 Å². The smallest absolute Gasteiger partial charge is 0.254 e. The number of carbonyl (C=O) groups is 2. The van der Waals surface area contributed by atoms with Crippen molar-refractivity contribution in [1.82, 2.24) is 23.5 Å². The molecule has 1 aromatic carbocycles. The predicted octanol–water partition coefficient (Wildman–Crippen LogP) is 1.63. The number of amides is 2. The van der Waals surface area contributed by atoms with Gasteiger partial charge in [-0.3, -0.25) is 14.6 Å². The summed E-state index contributed by atoms with van der Waals surface area (Å²) in [5.74, 6) is -0.255. The normalized spacial score (nSPS) is 16.7. The van der Waals surface area contributed by atoms with Crippen molar-refractivity contribution >= 4 is 34.6 Å². The molecule has 0 saturated carbocycles. The summed E-state index contributed by atoms with van der Waals surface area (Å²) in [5, 5.41) is 0. The van der Waals surface area contributed by atoms with E-state index in [-0.39, 0.29) is 18.4 Å². The number of fused-ring (bicyclic) bond motifs is 1. The van der Waals surface area contributed by atoms with Crippen LogP contribution in [0.4, 0.5) is 0 Å². The standard InChI is InChI=1S/C20H21N5O3S/c1-24(9-7-15-4-2-3-8-21-15)20(27)18-13-25(10-11-28-18)19(26)14-5-6-16-17(12-14)23-29-22-16/h2-6,8,12,18H,7,9-11,13H2,1H3. The molecule has 0 spiro atoms. The first-order valence-electron chi connectivity index (χ1n) is 9.40. The zero-order valence-corrected chi connectivity index (χ0v) is 16.8. The highest BCUT2D eigenvalue weighted by Gasteiger charge is 2.31. The van der Waals surface area contributed by atoms with Crippen LogP contribution in [0.3, 0.4) is 0 Å². The number of nitrogens with zero attached hydrogens (tertiary/aromatic N) is 5. The first-order valence-corrected chi connectivity index (χ1v) is 10.1. The van der Waals surface area contributed by atoms with E-state index in [0.717, 1.165) is 22.9 Å². The van der Waals surface area contributed by atoms with E-state index in [4.69, 9.17) is 4.74 Å². The number of rotatable bonds is 5. The van der Waals surface area contributed by atoms with E-state index < -0.39 is 6.10 Å². The van der Waals surface area contributed by atoms with Gasteiger partial charge in [0.05, 0.1) is 24.9 Å². The van der Waals surface area contributed by atoms with Crippen molar-refractivity contribution in [3.8, 4) is 0 Å². The van der Waals surface area contributed by atoms with Gasteiger partial charge in [-0.1, -0.05) is 6.07 Å². The predicted molar refractivity (Wildman–Crippen MR) is 109 cm³/mol. The van der Waals surface area contributed by atoms with E-state index in [2.05, 4.69) is 13.7 Å². The van der Waals surface area contributed by atoms with Crippen molar-refractivity contribution < 1.29 is 14.3 Å². The molecule has 1 unspecified atom stereocenters. The fraction of sp³-hybridized carbons (Fsp3) is 0.350. The molecule has 29 heavy (non-hydrogen) atoms. The van der Waals surface area contributed by atoms with Crippen LogP contribution in [0.25, 0.3) is 11.0 Å². The van der Waals surface area contributed by atoms with Gasteiger partial charge in [0.15, 0.2) is 6.10 Å². The Bertz CT molecular complexity index is 1010. The lowest BCUT2D eigenvalue weighted by molar-refractivity contribution is -0.146. The Labute approximate surface area is 172 Å². The van der Waals surface area contributed by atoms with E-state index in [0.29, 0.717) is 37.2 Å². The summed E-state index contributed by atoms with van der Waals surface area (Å²) in [6, 6.07) is 11.0. The Hall–Kier alpha value is -2.91. The van der Waals surface area contributed by atoms with Gasteiger partial charge in [0.1, 0.15) is 11.0 Å². The van der Waals surface area contributed by atoms with Crippen LogP contribution in [0.15, 0.2) is 42.6 Å². The third-order valence-electron chi connectivity index (χ3n) is 4.94. The number of benzene rings is 1. The van der Waals surface area contributed by atoms with E-state index in [1.807, 2.05) is 18.2 Å². The van der Waals surface area contributed by atoms with Gasteiger partial charge in [-0.2, -0.15) is 8.75 Å². The summed E-state index contributed by atoms with van der Waals surface area (Å²) in [7, 11) is 1.75. The zero-order chi connectivity index (χ0) is 20.2. The fourth-order valence-electron chi connectivity index (χ4n) is 3.27. The van der Waals surface area contributed by atoms with E-state index >= 15 is 0 Å². The highest BCUT2D eigenvalue weighted by atomic mass is 32.1. The van der Waals surface area contributed by atoms with Crippen molar-refractivity contribution in [3.63, 3.8) is 0 Å². The summed E-state index contributed by atoms with van der Waals surface area (Å²) in [5.41, 5.74) is 2.95. The molecule has 1 aliphatic rings. The molecule has 3 aromatic rings. The van der Waals surface area contributed by atoms with E-state index in [1.54, 1.807) is 41.2 Å². The number of aromatic nitrogens is 3. The molecule has 0 aliphatic carbocycles. The second-order valence-corrected chi connectivity index (χ2v) is 7.44. The molecule has 0 bridgehead atoms. The van der Waals surface area contributed by atoms with Crippen molar-refractivity contribution in [2.75, 3.05) is 33.3 Å². The first kappa shape index (κ1) is 19.4. The lowest BCUT2D eigenvalue weighted by Crippen LogP contribution is -2.52. The Kier molecular flexibility index (Phi) is 5.77. The molecule has 150 valence electrons. The van der Waals surface area contributed by atoms with Gasteiger partial charge in [-0.25, -0.2) is 0 Å². The number of ether oxygens (including phenoxy) is 1.